The van der Waals surface area contributed by atoms with Crippen molar-refractivity contribution in [2.75, 3.05) is 13.2 Å². The summed E-state index contributed by atoms with van der Waals surface area (Å²) >= 11 is 0. The Hall–Kier alpha value is -3.50. The quantitative estimate of drug-likeness (QED) is 0.275. The van der Waals surface area contributed by atoms with Crippen molar-refractivity contribution in [1.29, 1.82) is 0 Å². The molecule has 0 saturated heterocycles. The molecule has 0 bridgehead atoms. The predicted octanol–water partition coefficient (Wildman–Crippen LogP) is 5.78. The molecule has 6 saturated carbocycles. The van der Waals surface area contributed by atoms with Crippen LogP contribution in [0.2, 0.25) is 0 Å². The Labute approximate surface area is 329 Å². The Bertz CT molecular complexity index is 1720. The number of aliphatic hydroxyl groups is 2. The number of allylic oxidation sites excluding steroid dienone is 8. The highest BCUT2D eigenvalue weighted by Crippen LogP contribution is 2.67. The molecule has 0 aromatic rings. The SMILES string of the molecule is CC12C=CC(=O)C=C1CCC1C2C(O)CC2(C)C(C(=O)COC(=O)CCC(=O)OCC(=O)C3CCC4C5CCC6=CC(=O)C=CC6(C)C5C(O)CC34C)CCC12. The molecule has 2 N–H and O–H groups in total. The Morgan fingerprint density at radius 3 is 1.41 bits per heavy atom. The molecule has 0 heterocycles. The van der Waals surface area contributed by atoms with Crippen LogP contribution < -0.4 is 0 Å². The summed E-state index contributed by atoms with van der Waals surface area (Å²) in [6.45, 7) is 7.67. The van der Waals surface area contributed by atoms with E-state index >= 15 is 0 Å². The van der Waals surface area contributed by atoms with Crippen LogP contribution in [0.3, 0.4) is 0 Å². The first kappa shape index (κ1) is 39.3. The van der Waals surface area contributed by atoms with Crippen molar-refractivity contribution in [3.8, 4) is 0 Å². The van der Waals surface area contributed by atoms with E-state index in [9.17, 15) is 39.0 Å². The van der Waals surface area contributed by atoms with Gasteiger partial charge in [-0.3, -0.25) is 28.8 Å². The van der Waals surface area contributed by atoms with E-state index in [2.05, 4.69) is 27.7 Å². The van der Waals surface area contributed by atoms with Crippen molar-refractivity contribution in [3.05, 3.63) is 47.6 Å². The first-order valence-corrected chi connectivity index (χ1v) is 21.1. The number of ketones is 4. The Kier molecular flexibility index (Phi) is 9.91. The summed E-state index contributed by atoms with van der Waals surface area (Å²) in [6.07, 6.45) is 16.2. The molecule has 6 fully saturated rings. The molecule has 8 aliphatic rings. The fourth-order valence-corrected chi connectivity index (χ4v) is 14.6. The van der Waals surface area contributed by atoms with Gasteiger partial charge >= 0.3 is 11.9 Å². The van der Waals surface area contributed by atoms with Gasteiger partial charge < -0.3 is 19.7 Å². The van der Waals surface area contributed by atoms with Gasteiger partial charge in [-0.15, -0.1) is 0 Å². The van der Waals surface area contributed by atoms with Gasteiger partial charge in [-0.1, -0.05) is 51.0 Å². The minimum absolute atomic E-state index is 0.00431. The molecule has 0 aromatic heterocycles. The lowest BCUT2D eigenvalue weighted by Gasteiger charge is -2.58. The smallest absolute Gasteiger partial charge is 0.306 e. The Morgan fingerprint density at radius 2 is 1.02 bits per heavy atom. The summed E-state index contributed by atoms with van der Waals surface area (Å²) in [4.78, 5) is 76.8. The van der Waals surface area contributed by atoms with Crippen molar-refractivity contribution in [2.24, 2.45) is 69.0 Å². The number of rotatable bonds is 9. The van der Waals surface area contributed by atoms with Crippen molar-refractivity contribution < 1.29 is 48.5 Å². The standard InChI is InChI=1S/C46H58O10/c1-43-17-15-27(47)19-25(43)5-7-29-31-9-11-33(45(31,3)21-35(49)41(29)43)37(51)23-55-39(53)13-14-40(54)56-24-38(52)34-12-10-32-30-8-6-26-20-28(48)16-18-44(26,2)42(30)36(50)22-46(32,34)4/h15-20,29-36,41-42,49-50H,5-14,21-24H2,1-4H3. The lowest BCUT2D eigenvalue weighted by molar-refractivity contribution is -0.157. The molecule has 0 amide bonds. The van der Waals surface area contributed by atoms with E-state index in [-0.39, 0.29) is 107 Å². The van der Waals surface area contributed by atoms with Gasteiger partial charge in [0, 0.05) is 34.5 Å². The topological polar surface area (TPSA) is 161 Å². The summed E-state index contributed by atoms with van der Waals surface area (Å²) in [5.74, 6) is -1.53. The van der Waals surface area contributed by atoms with Gasteiger partial charge in [0.2, 0.25) is 0 Å². The van der Waals surface area contributed by atoms with Crippen LogP contribution in [0.1, 0.15) is 105 Å². The fourth-order valence-electron chi connectivity index (χ4n) is 14.6. The zero-order valence-electron chi connectivity index (χ0n) is 33.3. The molecular weight excluding hydrogens is 712 g/mol. The van der Waals surface area contributed by atoms with Gasteiger partial charge in [0.15, 0.2) is 23.1 Å². The van der Waals surface area contributed by atoms with Crippen LogP contribution in [-0.4, -0.2) is 70.7 Å². The molecule has 8 rings (SSSR count). The van der Waals surface area contributed by atoms with Crippen molar-refractivity contribution in [2.45, 2.75) is 117 Å². The number of esters is 2. The summed E-state index contributed by atoms with van der Waals surface area (Å²) < 4.78 is 10.8. The molecule has 10 nitrogen and oxygen atoms in total. The third kappa shape index (κ3) is 6.18. The molecule has 0 aliphatic heterocycles. The monoisotopic (exact) mass is 770 g/mol. The molecular formula is C46H58O10. The molecule has 302 valence electrons. The average molecular weight is 771 g/mol. The predicted molar refractivity (Wildman–Crippen MR) is 204 cm³/mol. The van der Waals surface area contributed by atoms with Crippen LogP contribution in [-0.2, 0) is 38.2 Å². The highest BCUT2D eigenvalue weighted by molar-refractivity contribution is 6.01. The number of aliphatic hydroxyl groups excluding tert-OH is 2. The summed E-state index contributed by atoms with van der Waals surface area (Å²) in [5.41, 5.74) is 0.570. The van der Waals surface area contributed by atoms with Crippen molar-refractivity contribution in [1.82, 2.24) is 0 Å². The van der Waals surface area contributed by atoms with Crippen LogP contribution in [0.15, 0.2) is 47.6 Å². The van der Waals surface area contributed by atoms with E-state index in [1.807, 2.05) is 12.2 Å². The molecule has 0 radical (unpaired) electrons. The fraction of sp³-hybridized carbons (Fsp3) is 0.696. The zero-order valence-corrected chi connectivity index (χ0v) is 33.3. The van der Waals surface area contributed by atoms with Crippen LogP contribution in [0.25, 0.3) is 0 Å². The minimum atomic E-state index is -0.684. The maximum Gasteiger partial charge on any atom is 0.306 e. The highest BCUT2D eigenvalue weighted by Gasteiger charge is 2.64. The van der Waals surface area contributed by atoms with Gasteiger partial charge in [-0.25, -0.2) is 0 Å². The second-order valence-electron chi connectivity index (χ2n) is 19.6. The molecule has 0 aromatic carbocycles. The minimum Gasteiger partial charge on any atom is -0.458 e. The lowest BCUT2D eigenvalue weighted by Crippen LogP contribution is -2.56. The molecule has 14 atom stereocenters. The molecule has 0 spiro atoms. The summed E-state index contributed by atoms with van der Waals surface area (Å²) in [6, 6.07) is 0. The number of Topliss-reactive ketones (excluding diaryl/α,β-unsaturated/α-hetero) is 2. The zero-order chi connectivity index (χ0) is 39.9. The normalized spacial score (nSPS) is 44.5. The highest BCUT2D eigenvalue weighted by atomic mass is 16.5. The third-order valence-corrected chi connectivity index (χ3v) is 17.0. The first-order chi connectivity index (χ1) is 26.5. The summed E-state index contributed by atoms with van der Waals surface area (Å²) in [5, 5.41) is 23.2. The van der Waals surface area contributed by atoms with Gasteiger partial charge in [-0.2, -0.15) is 0 Å². The second kappa shape index (κ2) is 14.1. The van der Waals surface area contributed by atoms with E-state index in [1.54, 1.807) is 24.3 Å². The maximum absolute atomic E-state index is 13.6. The Balaban J connectivity index is 0.802. The third-order valence-electron chi connectivity index (χ3n) is 17.0. The van der Waals surface area contributed by atoms with Crippen molar-refractivity contribution >= 4 is 35.1 Å². The Morgan fingerprint density at radius 1 is 0.625 bits per heavy atom. The largest absolute Gasteiger partial charge is 0.458 e. The number of carbonyl (C=O) groups is 6. The van der Waals surface area contributed by atoms with Gasteiger partial charge in [0.05, 0.1) is 25.0 Å². The second-order valence-corrected chi connectivity index (χ2v) is 19.6. The molecule has 14 unspecified atom stereocenters. The molecule has 56 heavy (non-hydrogen) atoms. The van der Waals surface area contributed by atoms with E-state index < -0.39 is 35.0 Å². The van der Waals surface area contributed by atoms with E-state index in [0.29, 0.717) is 25.7 Å². The molecule has 10 heteroatoms. The van der Waals surface area contributed by atoms with E-state index in [1.165, 1.54) is 0 Å². The van der Waals surface area contributed by atoms with Crippen LogP contribution in [0.5, 0.6) is 0 Å². The van der Waals surface area contributed by atoms with Crippen molar-refractivity contribution in [3.63, 3.8) is 0 Å². The lowest BCUT2D eigenvalue weighted by atomic mass is 9.46. The number of hydrogen-bond donors (Lipinski definition) is 2. The van der Waals surface area contributed by atoms with Crippen LogP contribution >= 0.6 is 0 Å². The van der Waals surface area contributed by atoms with Gasteiger partial charge in [-0.05, 0) is 123 Å². The first-order valence-electron chi connectivity index (χ1n) is 21.1. The number of ether oxygens (including phenoxy) is 2. The van der Waals surface area contributed by atoms with Gasteiger partial charge in [0.25, 0.3) is 0 Å². The number of fused-ring (bicyclic) bond motifs is 10. The van der Waals surface area contributed by atoms with Gasteiger partial charge in [0.1, 0.15) is 13.2 Å². The maximum atomic E-state index is 13.6. The molecule has 8 aliphatic carbocycles. The number of hydrogen-bond acceptors (Lipinski definition) is 10. The van der Waals surface area contributed by atoms with Crippen LogP contribution in [0, 0.1) is 69.0 Å². The van der Waals surface area contributed by atoms with E-state index in [4.69, 9.17) is 9.47 Å². The average Bonchev–Trinajstić information content (AvgIpc) is 3.68. The van der Waals surface area contributed by atoms with E-state index in [0.717, 1.165) is 49.7 Å². The summed E-state index contributed by atoms with van der Waals surface area (Å²) in [7, 11) is 0. The number of carbonyl (C=O) groups excluding carboxylic acids is 6. The van der Waals surface area contributed by atoms with Crippen LogP contribution in [0.4, 0.5) is 0 Å².